The smallest absolute Gasteiger partial charge is 0.173 e. The minimum Gasteiger partial charge on any atom is -0.349 e. The Bertz CT molecular complexity index is 450. The predicted molar refractivity (Wildman–Crippen MR) is 86.8 cm³/mol. The normalized spacial score (nSPS) is 16.2. The topological polar surface area (TPSA) is 15.3 Å². The van der Waals surface area contributed by atoms with Gasteiger partial charge in [-0.1, -0.05) is 31.4 Å². The highest BCUT2D eigenvalue weighted by Crippen LogP contribution is 2.23. The first-order valence-electron chi connectivity index (χ1n) is 7.19. The number of thiocarbonyl (C=S) groups is 1. The SMILES string of the molecule is Cc1ccc(C)c(NC(=S)N(C)C2CCCCC2)c1. The Morgan fingerprint density at radius 1 is 1.21 bits per heavy atom. The fourth-order valence-electron chi connectivity index (χ4n) is 2.71. The van der Waals surface area contributed by atoms with Gasteiger partial charge in [-0.3, -0.25) is 0 Å². The lowest BCUT2D eigenvalue weighted by molar-refractivity contribution is 0.281. The Morgan fingerprint density at radius 2 is 1.89 bits per heavy atom. The van der Waals surface area contributed by atoms with E-state index in [0.29, 0.717) is 6.04 Å². The minimum absolute atomic E-state index is 0.610. The fourth-order valence-corrected chi connectivity index (χ4v) is 2.97. The molecule has 19 heavy (non-hydrogen) atoms. The molecule has 0 aliphatic heterocycles. The van der Waals surface area contributed by atoms with Gasteiger partial charge in [0.25, 0.3) is 0 Å². The van der Waals surface area contributed by atoms with E-state index in [1.165, 1.54) is 43.2 Å². The summed E-state index contributed by atoms with van der Waals surface area (Å²) in [5, 5.41) is 4.25. The zero-order valence-corrected chi connectivity index (χ0v) is 13.0. The largest absolute Gasteiger partial charge is 0.349 e. The van der Waals surface area contributed by atoms with Crippen LogP contribution in [0.3, 0.4) is 0 Å². The zero-order chi connectivity index (χ0) is 13.8. The molecule has 104 valence electrons. The molecule has 0 saturated heterocycles. The maximum absolute atomic E-state index is 5.56. The number of nitrogens with zero attached hydrogens (tertiary/aromatic N) is 1. The van der Waals surface area contributed by atoms with Crippen LogP contribution < -0.4 is 5.32 Å². The third-order valence-electron chi connectivity index (χ3n) is 4.08. The van der Waals surface area contributed by atoms with Crippen molar-refractivity contribution < 1.29 is 0 Å². The molecule has 0 spiro atoms. The second kappa shape index (κ2) is 6.38. The fraction of sp³-hybridized carbons (Fsp3) is 0.562. The van der Waals surface area contributed by atoms with Gasteiger partial charge in [-0.15, -0.1) is 0 Å². The van der Waals surface area contributed by atoms with Crippen molar-refractivity contribution in [1.29, 1.82) is 0 Å². The molecule has 0 radical (unpaired) electrons. The van der Waals surface area contributed by atoms with Gasteiger partial charge in [0.1, 0.15) is 0 Å². The van der Waals surface area contributed by atoms with Crippen LogP contribution in [0.25, 0.3) is 0 Å². The molecule has 1 N–H and O–H groups in total. The second-order valence-corrected chi connectivity index (χ2v) is 6.04. The molecule has 1 aliphatic rings. The number of benzene rings is 1. The van der Waals surface area contributed by atoms with E-state index in [2.05, 4.69) is 49.3 Å². The summed E-state index contributed by atoms with van der Waals surface area (Å²) in [6.45, 7) is 4.23. The summed E-state index contributed by atoms with van der Waals surface area (Å²) in [5.74, 6) is 0. The molecule has 1 saturated carbocycles. The van der Waals surface area contributed by atoms with Crippen molar-refractivity contribution in [3.8, 4) is 0 Å². The summed E-state index contributed by atoms with van der Waals surface area (Å²) in [7, 11) is 2.12. The number of hydrogen-bond acceptors (Lipinski definition) is 1. The summed E-state index contributed by atoms with van der Waals surface area (Å²) in [6.07, 6.45) is 6.58. The van der Waals surface area contributed by atoms with Gasteiger partial charge in [0.15, 0.2) is 5.11 Å². The van der Waals surface area contributed by atoms with Crippen LogP contribution in [0.15, 0.2) is 18.2 Å². The van der Waals surface area contributed by atoms with Crippen molar-refractivity contribution in [2.75, 3.05) is 12.4 Å². The molecule has 0 unspecified atom stereocenters. The van der Waals surface area contributed by atoms with Crippen LogP contribution in [0.5, 0.6) is 0 Å². The van der Waals surface area contributed by atoms with Crippen LogP contribution in [0.1, 0.15) is 43.2 Å². The summed E-state index contributed by atoms with van der Waals surface area (Å²) in [6, 6.07) is 7.05. The van der Waals surface area contributed by atoms with Gasteiger partial charge >= 0.3 is 0 Å². The van der Waals surface area contributed by atoms with Gasteiger partial charge in [-0.05, 0) is 56.1 Å². The van der Waals surface area contributed by atoms with E-state index in [9.17, 15) is 0 Å². The van der Waals surface area contributed by atoms with Gasteiger partial charge in [0.05, 0.1) is 0 Å². The second-order valence-electron chi connectivity index (χ2n) is 5.65. The lowest BCUT2D eigenvalue weighted by atomic mass is 9.95. The molecular weight excluding hydrogens is 252 g/mol. The number of anilines is 1. The first-order valence-corrected chi connectivity index (χ1v) is 7.60. The Labute approximate surface area is 122 Å². The number of rotatable bonds is 2. The van der Waals surface area contributed by atoms with Gasteiger partial charge in [0.2, 0.25) is 0 Å². The van der Waals surface area contributed by atoms with E-state index in [-0.39, 0.29) is 0 Å². The van der Waals surface area contributed by atoms with Crippen molar-refractivity contribution in [2.24, 2.45) is 0 Å². The molecule has 1 aromatic carbocycles. The molecule has 0 heterocycles. The molecule has 0 amide bonds. The van der Waals surface area contributed by atoms with Crippen molar-refractivity contribution >= 4 is 23.0 Å². The van der Waals surface area contributed by atoms with E-state index in [0.717, 1.165) is 10.8 Å². The van der Waals surface area contributed by atoms with Gasteiger partial charge in [-0.2, -0.15) is 0 Å². The maximum Gasteiger partial charge on any atom is 0.173 e. The van der Waals surface area contributed by atoms with Crippen molar-refractivity contribution in [3.05, 3.63) is 29.3 Å². The Hall–Kier alpha value is -1.09. The average molecular weight is 276 g/mol. The Kier molecular flexibility index (Phi) is 4.81. The Balaban J connectivity index is 2.01. The zero-order valence-electron chi connectivity index (χ0n) is 12.2. The predicted octanol–water partition coefficient (Wildman–Crippen LogP) is 4.26. The molecule has 0 bridgehead atoms. The number of nitrogens with one attached hydrogen (secondary N) is 1. The van der Waals surface area contributed by atoms with Crippen molar-refractivity contribution in [3.63, 3.8) is 0 Å². The molecule has 1 aromatic rings. The van der Waals surface area contributed by atoms with Crippen LogP contribution in [0.4, 0.5) is 5.69 Å². The molecular formula is C16H24N2S. The van der Waals surface area contributed by atoms with Crippen molar-refractivity contribution in [2.45, 2.75) is 52.0 Å². The summed E-state index contributed by atoms with van der Waals surface area (Å²) < 4.78 is 0. The van der Waals surface area contributed by atoms with Crippen LogP contribution in [0.2, 0.25) is 0 Å². The highest BCUT2D eigenvalue weighted by molar-refractivity contribution is 7.80. The highest BCUT2D eigenvalue weighted by atomic mass is 32.1. The van der Waals surface area contributed by atoms with E-state index in [1.54, 1.807) is 0 Å². The van der Waals surface area contributed by atoms with Crippen LogP contribution >= 0.6 is 12.2 Å². The monoisotopic (exact) mass is 276 g/mol. The first-order chi connectivity index (χ1) is 9.08. The van der Waals surface area contributed by atoms with E-state index in [1.807, 2.05) is 0 Å². The minimum atomic E-state index is 0.610. The summed E-state index contributed by atoms with van der Waals surface area (Å²) in [4.78, 5) is 2.25. The lowest BCUT2D eigenvalue weighted by Gasteiger charge is -2.33. The summed E-state index contributed by atoms with van der Waals surface area (Å²) in [5.41, 5.74) is 3.63. The van der Waals surface area contributed by atoms with E-state index >= 15 is 0 Å². The summed E-state index contributed by atoms with van der Waals surface area (Å²) >= 11 is 5.56. The van der Waals surface area contributed by atoms with Gasteiger partial charge < -0.3 is 10.2 Å². The van der Waals surface area contributed by atoms with E-state index in [4.69, 9.17) is 12.2 Å². The molecule has 2 rings (SSSR count). The molecule has 3 heteroatoms. The molecule has 0 atom stereocenters. The molecule has 0 aromatic heterocycles. The van der Waals surface area contributed by atoms with Crippen LogP contribution in [-0.2, 0) is 0 Å². The molecule has 1 aliphatic carbocycles. The van der Waals surface area contributed by atoms with Gasteiger partial charge in [0, 0.05) is 18.8 Å². The maximum atomic E-state index is 5.56. The highest BCUT2D eigenvalue weighted by Gasteiger charge is 2.20. The number of hydrogen-bond donors (Lipinski definition) is 1. The van der Waals surface area contributed by atoms with Crippen LogP contribution in [0, 0.1) is 13.8 Å². The third-order valence-corrected chi connectivity index (χ3v) is 4.47. The lowest BCUT2D eigenvalue weighted by Crippen LogP contribution is -2.40. The van der Waals surface area contributed by atoms with Crippen molar-refractivity contribution in [1.82, 2.24) is 4.90 Å². The van der Waals surface area contributed by atoms with E-state index < -0.39 is 0 Å². The standard InChI is InChI=1S/C16H24N2S/c1-12-9-10-13(2)15(11-12)17-16(19)18(3)14-7-5-4-6-8-14/h9-11,14H,4-8H2,1-3H3,(H,17,19). The first kappa shape index (κ1) is 14.3. The quantitative estimate of drug-likeness (QED) is 0.812. The van der Waals surface area contributed by atoms with Crippen LogP contribution in [-0.4, -0.2) is 23.1 Å². The molecule has 1 fully saturated rings. The third kappa shape index (κ3) is 3.69. The number of aryl methyl sites for hydroxylation is 2. The Morgan fingerprint density at radius 3 is 2.58 bits per heavy atom. The average Bonchev–Trinajstić information content (AvgIpc) is 2.43. The molecule has 2 nitrogen and oxygen atoms in total. The van der Waals surface area contributed by atoms with Gasteiger partial charge in [-0.25, -0.2) is 0 Å².